The predicted octanol–water partition coefficient (Wildman–Crippen LogP) is 2.52. The first-order valence-corrected chi connectivity index (χ1v) is 11.4. The number of morpholine rings is 1. The van der Waals surface area contributed by atoms with Crippen molar-refractivity contribution in [2.45, 2.75) is 13.0 Å². The molecule has 3 heterocycles. The molecule has 0 bridgehead atoms. The van der Waals surface area contributed by atoms with E-state index in [4.69, 9.17) is 4.74 Å². The van der Waals surface area contributed by atoms with E-state index < -0.39 is 11.7 Å². The number of hydrogen-bond donors (Lipinski definition) is 2. The van der Waals surface area contributed by atoms with E-state index >= 15 is 0 Å². The van der Waals surface area contributed by atoms with Gasteiger partial charge in [0, 0.05) is 53.8 Å². The number of carbonyl (C=O) groups excluding carboxylic acids is 3. The fourth-order valence-corrected chi connectivity index (χ4v) is 4.47. The van der Waals surface area contributed by atoms with Crippen molar-refractivity contribution in [2.75, 3.05) is 32.8 Å². The fraction of sp³-hybridized carbons (Fsp3) is 0.269. The number of fused-ring (bicyclic) bond motifs is 2. The van der Waals surface area contributed by atoms with Crippen LogP contribution in [-0.4, -0.2) is 64.9 Å². The molecule has 0 aliphatic carbocycles. The number of para-hydroxylation sites is 2. The first kappa shape index (κ1) is 21.9. The van der Waals surface area contributed by atoms with Crippen LogP contribution < -0.4 is 5.32 Å². The standard InChI is InChI=1S/C26H26N4O4/c31-24(29-11-13-34-14-12-29)17-30-16-21(20-6-2-4-8-23(20)30)25(32)26(33)27-10-9-18-15-28-22-7-3-1-5-19(18)22/h1-8,15-16,28H,9-14,17H2,(H,27,33). The summed E-state index contributed by atoms with van der Waals surface area (Å²) in [6, 6.07) is 15.3. The second-order valence-electron chi connectivity index (χ2n) is 8.38. The number of aromatic nitrogens is 2. The molecule has 0 saturated carbocycles. The van der Waals surface area contributed by atoms with Gasteiger partial charge in [0.05, 0.1) is 18.8 Å². The summed E-state index contributed by atoms with van der Waals surface area (Å²) in [5.41, 5.74) is 3.18. The highest BCUT2D eigenvalue weighted by molar-refractivity contribution is 6.45. The summed E-state index contributed by atoms with van der Waals surface area (Å²) in [6.07, 6.45) is 4.15. The van der Waals surface area contributed by atoms with Crippen LogP contribution in [0.3, 0.4) is 0 Å². The molecule has 0 spiro atoms. The summed E-state index contributed by atoms with van der Waals surface area (Å²) < 4.78 is 7.07. The number of hydrogen-bond acceptors (Lipinski definition) is 4. The van der Waals surface area contributed by atoms with Gasteiger partial charge in [-0.05, 0) is 24.1 Å². The van der Waals surface area contributed by atoms with Gasteiger partial charge in [0.15, 0.2) is 0 Å². The Morgan fingerprint density at radius 1 is 0.971 bits per heavy atom. The van der Waals surface area contributed by atoms with Crippen LogP contribution in [0.1, 0.15) is 15.9 Å². The average molecular weight is 459 g/mol. The van der Waals surface area contributed by atoms with Gasteiger partial charge in [0.1, 0.15) is 6.54 Å². The highest BCUT2D eigenvalue weighted by Gasteiger charge is 2.23. The summed E-state index contributed by atoms with van der Waals surface area (Å²) in [7, 11) is 0. The van der Waals surface area contributed by atoms with E-state index in [-0.39, 0.29) is 12.5 Å². The second kappa shape index (κ2) is 9.52. The topological polar surface area (TPSA) is 96.4 Å². The van der Waals surface area contributed by atoms with Gasteiger partial charge in [0.25, 0.3) is 11.7 Å². The first-order chi connectivity index (χ1) is 16.6. The van der Waals surface area contributed by atoms with Crippen LogP contribution in [0.5, 0.6) is 0 Å². The Labute approximate surface area is 196 Å². The van der Waals surface area contributed by atoms with Crippen LogP contribution in [0.25, 0.3) is 21.8 Å². The van der Waals surface area contributed by atoms with Crippen LogP contribution in [0.4, 0.5) is 0 Å². The predicted molar refractivity (Wildman–Crippen MR) is 129 cm³/mol. The van der Waals surface area contributed by atoms with Gasteiger partial charge < -0.3 is 24.5 Å². The third-order valence-electron chi connectivity index (χ3n) is 6.26. The molecule has 2 aromatic carbocycles. The van der Waals surface area contributed by atoms with Crippen LogP contribution in [-0.2, 0) is 27.3 Å². The van der Waals surface area contributed by atoms with Gasteiger partial charge >= 0.3 is 0 Å². The van der Waals surface area contributed by atoms with Gasteiger partial charge in [-0.3, -0.25) is 14.4 Å². The maximum Gasteiger partial charge on any atom is 0.292 e. The number of nitrogens with one attached hydrogen (secondary N) is 2. The van der Waals surface area contributed by atoms with Crippen LogP contribution in [0.2, 0.25) is 0 Å². The van der Waals surface area contributed by atoms with E-state index in [1.54, 1.807) is 21.7 Å². The monoisotopic (exact) mass is 458 g/mol. The number of benzene rings is 2. The van der Waals surface area contributed by atoms with E-state index in [1.807, 2.05) is 48.7 Å². The molecule has 174 valence electrons. The Balaban J connectivity index is 1.28. The van der Waals surface area contributed by atoms with Gasteiger partial charge in [-0.15, -0.1) is 0 Å². The normalized spacial score (nSPS) is 13.9. The summed E-state index contributed by atoms with van der Waals surface area (Å²) in [4.78, 5) is 43.4. The number of rotatable bonds is 7. The molecule has 2 amide bonds. The van der Waals surface area contributed by atoms with Crippen LogP contribution in [0.15, 0.2) is 60.9 Å². The van der Waals surface area contributed by atoms with Crippen molar-refractivity contribution in [3.8, 4) is 0 Å². The summed E-state index contributed by atoms with van der Waals surface area (Å²) in [5, 5.41) is 4.52. The molecule has 2 aromatic heterocycles. The van der Waals surface area contributed by atoms with Crippen molar-refractivity contribution in [2.24, 2.45) is 0 Å². The largest absolute Gasteiger partial charge is 0.378 e. The van der Waals surface area contributed by atoms with Crippen LogP contribution in [0, 0.1) is 0 Å². The van der Waals surface area contributed by atoms with E-state index in [0.717, 1.165) is 22.0 Å². The minimum absolute atomic E-state index is 0.0359. The van der Waals surface area contributed by atoms with Gasteiger partial charge in [-0.1, -0.05) is 36.4 Å². The van der Waals surface area contributed by atoms with Gasteiger partial charge in [-0.2, -0.15) is 0 Å². The lowest BCUT2D eigenvalue weighted by molar-refractivity contribution is -0.135. The molecule has 5 rings (SSSR count). The average Bonchev–Trinajstić information content (AvgIpc) is 3.46. The third-order valence-corrected chi connectivity index (χ3v) is 6.26. The fourth-order valence-electron chi connectivity index (χ4n) is 4.47. The zero-order valence-corrected chi connectivity index (χ0v) is 18.8. The number of aromatic amines is 1. The molecule has 8 heteroatoms. The Morgan fingerprint density at radius 2 is 1.71 bits per heavy atom. The second-order valence-corrected chi connectivity index (χ2v) is 8.38. The van der Waals surface area contributed by atoms with Crippen molar-refractivity contribution in [1.29, 1.82) is 0 Å². The number of ketones is 1. The summed E-state index contributed by atoms with van der Waals surface area (Å²) in [6.45, 7) is 2.63. The molecule has 0 atom stereocenters. The van der Waals surface area contributed by atoms with Crippen molar-refractivity contribution in [3.63, 3.8) is 0 Å². The maximum absolute atomic E-state index is 13.0. The van der Waals surface area contributed by atoms with Crippen molar-refractivity contribution >= 4 is 39.4 Å². The number of nitrogens with zero attached hydrogens (tertiary/aromatic N) is 2. The molecule has 0 unspecified atom stereocenters. The lowest BCUT2D eigenvalue weighted by Crippen LogP contribution is -2.42. The number of amides is 2. The minimum Gasteiger partial charge on any atom is -0.378 e. The Morgan fingerprint density at radius 3 is 2.53 bits per heavy atom. The highest BCUT2D eigenvalue weighted by atomic mass is 16.5. The lowest BCUT2D eigenvalue weighted by Gasteiger charge is -2.27. The van der Waals surface area contributed by atoms with E-state index in [1.165, 1.54) is 0 Å². The maximum atomic E-state index is 13.0. The van der Waals surface area contributed by atoms with Gasteiger partial charge in [-0.25, -0.2) is 0 Å². The third kappa shape index (κ3) is 4.32. The molecular formula is C26H26N4O4. The summed E-state index contributed by atoms with van der Waals surface area (Å²) >= 11 is 0. The number of carbonyl (C=O) groups is 3. The van der Waals surface area contributed by atoms with Crippen molar-refractivity contribution in [1.82, 2.24) is 19.8 Å². The number of H-pyrrole nitrogens is 1. The first-order valence-electron chi connectivity index (χ1n) is 11.4. The molecular weight excluding hydrogens is 432 g/mol. The molecule has 0 radical (unpaired) electrons. The zero-order chi connectivity index (χ0) is 23.5. The molecule has 1 aliphatic heterocycles. The van der Waals surface area contributed by atoms with Crippen LogP contribution >= 0.6 is 0 Å². The molecule has 1 aliphatic rings. The Hall–Kier alpha value is -3.91. The Bertz CT molecular complexity index is 1360. The zero-order valence-electron chi connectivity index (χ0n) is 18.8. The molecule has 1 saturated heterocycles. The number of ether oxygens (including phenoxy) is 1. The van der Waals surface area contributed by atoms with Crippen molar-refractivity contribution in [3.05, 3.63) is 72.1 Å². The molecule has 4 aromatic rings. The minimum atomic E-state index is -0.651. The molecule has 8 nitrogen and oxygen atoms in total. The SMILES string of the molecule is O=C(NCCc1c[nH]c2ccccc12)C(=O)c1cn(CC(=O)N2CCOCC2)c2ccccc12. The highest BCUT2D eigenvalue weighted by Crippen LogP contribution is 2.22. The molecule has 2 N–H and O–H groups in total. The smallest absolute Gasteiger partial charge is 0.292 e. The van der Waals surface area contributed by atoms with Crippen molar-refractivity contribution < 1.29 is 19.1 Å². The summed E-state index contributed by atoms with van der Waals surface area (Å²) in [5.74, 6) is -1.29. The molecule has 1 fully saturated rings. The van der Waals surface area contributed by atoms with E-state index in [2.05, 4.69) is 10.3 Å². The van der Waals surface area contributed by atoms with E-state index in [9.17, 15) is 14.4 Å². The van der Waals surface area contributed by atoms with E-state index in [0.29, 0.717) is 50.2 Å². The molecule has 34 heavy (non-hydrogen) atoms. The number of Topliss-reactive ketones (excluding diaryl/α,β-unsaturated/α-hetero) is 1. The quantitative estimate of drug-likeness (QED) is 0.329. The van der Waals surface area contributed by atoms with Gasteiger partial charge in [0.2, 0.25) is 5.91 Å². The Kier molecular flexibility index (Phi) is 6.14. The lowest BCUT2D eigenvalue weighted by atomic mass is 10.1.